The second-order valence-electron chi connectivity index (χ2n) is 8.29. The summed E-state index contributed by atoms with van der Waals surface area (Å²) in [6, 6.07) is 5.39. The largest absolute Gasteiger partial charge is 0.497 e. The van der Waals surface area contributed by atoms with Crippen LogP contribution in [0.5, 0.6) is 5.75 Å². The van der Waals surface area contributed by atoms with Crippen molar-refractivity contribution in [3.05, 3.63) is 29.5 Å². The van der Waals surface area contributed by atoms with Gasteiger partial charge in [-0.25, -0.2) is 9.36 Å². The third-order valence-electron chi connectivity index (χ3n) is 5.30. The Kier molecular flexibility index (Phi) is 5.78. The van der Waals surface area contributed by atoms with Crippen molar-refractivity contribution in [2.24, 2.45) is 11.8 Å². The first kappa shape index (κ1) is 21.7. The Morgan fingerprint density at radius 3 is 2.10 bits per heavy atom. The molecule has 0 saturated heterocycles. The van der Waals surface area contributed by atoms with E-state index in [0.29, 0.717) is 17.0 Å². The quantitative estimate of drug-likeness (QED) is 0.560. The molecule has 0 bridgehead atoms. The van der Waals surface area contributed by atoms with Crippen LogP contribution in [0, 0.1) is 11.8 Å². The lowest BCUT2D eigenvalue weighted by molar-refractivity contribution is -0.158. The van der Waals surface area contributed by atoms with E-state index in [-0.39, 0.29) is 12.8 Å². The summed E-state index contributed by atoms with van der Waals surface area (Å²) in [6.07, 6.45) is -0.152. The molecule has 0 spiro atoms. The fraction of sp³-hybridized carbons (Fsp3) is 0.500. The molecule has 1 aliphatic rings. The third kappa shape index (κ3) is 3.86. The van der Waals surface area contributed by atoms with Gasteiger partial charge in [-0.15, -0.1) is 0 Å². The second-order valence-corrected chi connectivity index (χ2v) is 8.29. The monoisotopic (exact) mass is 417 g/mol. The Labute approximate surface area is 175 Å². The maximum atomic E-state index is 13.1. The molecule has 162 valence electrons. The predicted molar refractivity (Wildman–Crippen MR) is 109 cm³/mol. The maximum Gasteiger partial charge on any atom is 0.419 e. The minimum atomic E-state index is -0.762. The summed E-state index contributed by atoms with van der Waals surface area (Å²) in [6.45, 7) is 5.36. The van der Waals surface area contributed by atoms with E-state index in [4.69, 9.17) is 18.9 Å². The fourth-order valence-electron chi connectivity index (χ4n) is 3.98. The third-order valence-corrected chi connectivity index (χ3v) is 5.30. The number of benzene rings is 1. The standard InChI is InChI=1S/C22H27NO7/c1-22(2,3)30-21(26)23-17-9-12(27-4)7-8-13(17)14-10-15(19(24)28-5)16(11-18(14)23)20(25)29-6/h7-9,15-16H,10-11H2,1-6H3/t15-,16-/m1/s1. The van der Waals surface area contributed by atoms with Gasteiger partial charge in [0, 0.05) is 23.6 Å². The van der Waals surface area contributed by atoms with Crippen LogP contribution in [0.1, 0.15) is 32.0 Å². The normalized spacial score (nSPS) is 18.5. The molecule has 0 N–H and O–H groups in total. The molecule has 1 aromatic carbocycles. The molecular formula is C22H27NO7. The zero-order chi connectivity index (χ0) is 22.2. The Hall–Kier alpha value is -3.03. The molecule has 0 aliphatic heterocycles. The van der Waals surface area contributed by atoms with Gasteiger partial charge in [-0.3, -0.25) is 9.59 Å². The zero-order valence-corrected chi connectivity index (χ0v) is 18.1. The van der Waals surface area contributed by atoms with Gasteiger partial charge in [0.25, 0.3) is 0 Å². The Morgan fingerprint density at radius 2 is 1.57 bits per heavy atom. The highest BCUT2D eigenvalue weighted by Crippen LogP contribution is 2.39. The van der Waals surface area contributed by atoms with Gasteiger partial charge >= 0.3 is 18.0 Å². The molecule has 0 unspecified atom stereocenters. The van der Waals surface area contributed by atoms with E-state index >= 15 is 0 Å². The van der Waals surface area contributed by atoms with Gasteiger partial charge in [0.2, 0.25) is 0 Å². The second kappa shape index (κ2) is 8.01. The first-order valence-electron chi connectivity index (χ1n) is 9.70. The van der Waals surface area contributed by atoms with Gasteiger partial charge in [0.1, 0.15) is 11.4 Å². The number of carbonyl (C=O) groups excluding carboxylic acids is 3. The molecule has 2 atom stereocenters. The molecule has 8 heteroatoms. The maximum absolute atomic E-state index is 13.1. The lowest BCUT2D eigenvalue weighted by atomic mass is 9.77. The Bertz CT molecular complexity index is 999. The van der Waals surface area contributed by atoms with Crippen LogP contribution in [0.25, 0.3) is 10.9 Å². The van der Waals surface area contributed by atoms with Crippen molar-refractivity contribution in [1.29, 1.82) is 0 Å². The van der Waals surface area contributed by atoms with Crippen molar-refractivity contribution in [2.75, 3.05) is 21.3 Å². The SMILES string of the molecule is COC(=O)[C@@H]1Cc2c(n(C(=O)OC(C)(C)C)c3cc(OC)ccc23)C[C@H]1C(=O)OC. The summed E-state index contributed by atoms with van der Waals surface area (Å²) in [5, 5.41) is 0.800. The number of nitrogens with zero attached hydrogens (tertiary/aromatic N) is 1. The molecule has 0 saturated carbocycles. The minimum Gasteiger partial charge on any atom is -0.497 e. The van der Waals surface area contributed by atoms with Crippen LogP contribution in [0.15, 0.2) is 18.2 Å². The summed E-state index contributed by atoms with van der Waals surface area (Å²) in [4.78, 5) is 38.0. The number of esters is 2. The van der Waals surface area contributed by atoms with E-state index in [1.807, 2.05) is 6.07 Å². The van der Waals surface area contributed by atoms with E-state index in [1.165, 1.54) is 18.8 Å². The highest BCUT2D eigenvalue weighted by Gasteiger charge is 2.43. The Balaban J connectivity index is 2.23. The smallest absolute Gasteiger partial charge is 0.419 e. The van der Waals surface area contributed by atoms with Gasteiger partial charge in [-0.1, -0.05) is 0 Å². The van der Waals surface area contributed by atoms with Crippen LogP contribution in [0.3, 0.4) is 0 Å². The first-order chi connectivity index (χ1) is 14.1. The van der Waals surface area contributed by atoms with Gasteiger partial charge < -0.3 is 18.9 Å². The van der Waals surface area contributed by atoms with Gasteiger partial charge in [-0.05, 0) is 44.9 Å². The molecule has 2 aromatic rings. The minimum absolute atomic E-state index is 0.151. The van der Waals surface area contributed by atoms with Gasteiger partial charge in [0.05, 0.1) is 38.7 Å². The average molecular weight is 417 g/mol. The van der Waals surface area contributed by atoms with Gasteiger partial charge in [0.15, 0.2) is 0 Å². The molecule has 1 aliphatic carbocycles. The number of fused-ring (bicyclic) bond motifs is 3. The van der Waals surface area contributed by atoms with Crippen molar-refractivity contribution in [3.63, 3.8) is 0 Å². The van der Waals surface area contributed by atoms with Gasteiger partial charge in [-0.2, -0.15) is 0 Å². The van der Waals surface area contributed by atoms with Crippen molar-refractivity contribution < 1.29 is 33.3 Å². The molecule has 0 fully saturated rings. The van der Waals surface area contributed by atoms with E-state index in [0.717, 1.165) is 10.9 Å². The predicted octanol–water partition coefficient (Wildman–Crippen LogP) is 3.11. The molecular weight excluding hydrogens is 390 g/mol. The molecule has 1 aromatic heterocycles. The van der Waals surface area contributed by atoms with E-state index in [1.54, 1.807) is 40.0 Å². The summed E-state index contributed by atoms with van der Waals surface area (Å²) in [5.41, 5.74) is 1.34. The van der Waals surface area contributed by atoms with Crippen LogP contribution in [-0.4, -0.2) is 49.5 Å². The number of ether oxygens (including phenoxy) is 4. The van der Waals surface area contributed by atoms with Crippen LogP contribution in [0.4, 0.5) is 4.79 Å². The summed E-state index contributed by atoms with van der Waals surface area (Å²) >= 11 is 0. The highest BCUT2D eigenvalue weighted by molar-refractivity contribution is 5.96. The van der Waals surface area contributed by atoms with Crippen LogP contribution >= 0.6 is 0 Å². The van der Waals surface area contributed by atoms with Crippen molar-refractivity contribution in [2.45, 2.75) is 39.2 Å². The molecule has 30 heavy (non-hydrogen) atoms. The summed E-state index contributed by atoms with van der Waals surface area (Å²) < 4.78 is 22.3. The lowest BCUT2D eigenvalue weighted by Gasteiger charge is -2.29. The van der Waals surface area contributed by atoms with Crippen LogP contribution in [-0.2, 0) is 36.6 Å². The van der Waals surface area contributed by atoms with Crippen LogP contribution in [0.2, 0.25) is 0 Å². The topological polar surface area (TPSA) is 93.1 Å². The summed E-state index contributed by atoms with van der Waals surface area (Å²) in [5.74, 6) is -1.88. The fourth-order valence-corrected chi connectivity index (χ4v) is 3.98. The Morgan fingerprint density at radius 1 is 0.967 bits per heavy atom. The number of carbonyl (C=O) groups is 3. The zero-order valence-electron chi connectivity index (χ0n) is 18.1. The van der Waals surface area contributed by atoms with E-state index < -0.39 is 35.5 Å². The van der Waals surface area contributed by atoms with Crippen molar-refractivity contribution in [3.8, 4) is 5.75 Å². The molecule has 1 heterocycles. The van der Waals surface area contributed by atoms with E-state index in [2.05, 4.69) is 0 Å². The lowest BCUT2D eigenvalue weighted by Crippen LogP contribution is -2.39. The molecule has 0 amide bonds. The first-order valence-corrected chi connectivity index (χ1v) is 9.70. The molecule has 0 radical (unpaired) electrons. The number of rotatable bonds is 3. The molecule has 8 nitrogen and oxygen atoms in total. The number of hydrogen-bond donors (Lipinski definition) is 0. The number of methoxy groups -OCH3 is 3. The number of aromatic nitrogens is 1. The van der Waals surface area contributed by atoms with Crippen molar-refractivity contribution in [1.82, 2.24) is 4.57 Å². The highest BCUT2D eigenvalue weighted by atomic mass is 16.6. The van der Waals surface area contributed by atoms with E-state index in [9.17, 15) is 14.4 Å². The number of hydrogen-bond acceptors (Lipinski definition) is 7. The summed E-state index contributed by atoms with van der Waals surface area (Å²) in [7, 11) is 4.11. The average Bonchev–Trinajstić information content (AvgIpc) is 3.02. The molecule has 3 rings (SSSR count). The van der Waals surface area contributed by atoms with Crippen LogP contribution < -0.4 is 4.74 Å². The van der Waals surface area contributed by atoms with Crippen molar-refractivity contribution >= 4 is 28.9 Å².